The van der Waals surface area contributed by atoms with Crippen molar-refractivity contribution < 1.29 is 4.74 Å². The van der Waals surface area contributed by atoms with Crippen molar-refractivity contribution in [1.82, 2.24) is 10.2 Å². The highest BCUT2D eigenvalue weighted by molar-refractivity contribution is 4.80. The third-order valence-electron chi connectivity index (χ3n) is 4.00. The van der Waals surface area contributed by atoms with Crippen LogP contribution in [0.15, 0.2) is 0 Å². The van der Waals surface area contributed by atoms with E-state index < -0.39 is 0 Å². The van der Waals surface area contributed by atoms with Crippen LogP contribution in [0.2, 0.25) is 0 Å². The normalized spacial score (nSPS) is 24.2. The summed E-state index contributed by atoms with van der Waals surface area (Å²) >= 11 is 0. The summed E-state index contributed by atoms with van der Waals surface area (Å²) in [5.74, 6) is 0. The SMILES string of the molecule is CCN(CC1CCCO1)CC(C)(CC)CNC. The average molecular weight is 242 g/mol. The fourth-order valence-electron chi connectivity index (χ4n) is 2.64. The van der Waals surface area contributed by atoms with Gasteiger partial charge in [0.05, 0.1) is 6.10 Å². The first-order valence-electron chi connectivity index (χ1n) is 7.12. The summed E-state index contributed by atoms with van der Waals surface area (Å²) in [6.45, 7) is 12.4. The fraction of sp³-hybridized carbons (Fsp3) is 1.00. The topological polar surface area (TPSA) is 24.5 Å². The Morgan fingerprint density at radius 2 is 2.18 bits per heavy atom. The van der Waals surface area contributed by atoms with Crippen molar-refractivity contribution in [2.45, 2.75) is 46.1 Å². The summed E-state index contributed by atoms with van der Waals surface area (Å²) < 4.78 is 5.74. The number of nitrogens with zero attached hydrogens (tertiary/aromatic N) is 1. The van der Waals surface area contributed by atoms with E-state index in [1.807, 2.05) is 7.05 Å². The molecule has 3 heteroatoms. The molecule has 3 nitrogen and oxygen atoms in total. The van der Waals surface area contributed by atoms with Crippen molar-refractivity contribution in [2.24, 2.45) is 5.41 Å². The number of rotatable bonds is 8. The molecular weight excluding hydrogens is 212 g/mol. The Hall–Kier alpha value is -0.120. The Labute approximate surface area is 107 Å². The van der Waals surface area contributed by atoms with Crippen LogP contribution in [-0.4, -0.2) is 50.8 Å². The molecule has 1 fully saturated rings. The van der Waals surface area contributed by atoms with Crippen molar-refractivity contribution in [3.05, 3.63) is 0 Å². The van der Waals surface area contributed by atoms with E-state index in [1.54, 1.807) is 0 Å². The van der Waals surface area contributed by atoms with Gasteiger partial charge in [-0.3, -0.25) is 0 Å². The van der Waals surface area contributed by atoms with E-state index in [0.29, 0.717) is 11.5 Å². The number of hydrogen-bond acceptors (Lipinski definition) is 3. The second-order valence-corrected chi connectivity index (χ2v) is 5.66. The molecule has 1 rings (SSSR count). The molecule has 0 aromatic heterocycles. The Morgan fingerprint density at radius 1 is 1.41 bits per heavy atom. The molecule has 0 bridgehead atoms. The monoisotopic (exact) mass is 242 g/mol. The molecule has 0 spiro atoms. The minimum absolute atomic E-state index is 0.378. The maximum atomic E-state index is 5.74. The molecule has 2 unspecified atom stereocenters. The zero-order valence-electron chi connectivity index (χ0n) is 12.1. The Kier molecular flexibility index (Phi) is 6.45. The zero-order valence-corrected chi connectivity index (χ0v) is 12.1. The highest BCUT2D eigenvalue weighted by Crippen LogP contribution is 2.23. The molecule has 1 heterocycles. The van der Waals surface area contributed by atoms with E-state index in [4.69, 9.17) is 4.74 Å². The second-order valence-electron chi connectivity index (χ2n) is 5.66. The van der Waals surface area contributed by atoms with E-state index >= 15 is 0 Å². The third-order valence-corrected chi connectivity index (χ3v) is 4.00. The van der Waals surface area contributed by atoms with Crippen LogP contribution in [0.4, 0.5) is 0 Å². The van der Waals surface area contributed by atoms with Gasteiger partial charge in [-0.05, 0) is 38.3 Å². The van der Waals surface area contributed by atoms with Gasteiger partial charge in [0, 0.05) is 26.2 Å². The van der Waals surface area contributed by atoms with E-state index in [0.717, 1.165) is 26.2 Å². The predicted molar refractivity (Wildman–Crippen MR) is 73.4 cm³/mol. The van der Waals surface area contributed by atoms with Crippen LogP contribution in [-0.2, 0) is 4.74 Å². The first kappa shape index (κ1) is 14.9. The van der Waals surface area contributed by atoms with Gasteiger partial charge in [0.15, 0.2) is 0 Å². The van der Waals surface area contributed by atoms with E-state index in [-0.39, 0.29) is 0 Å². The lowest BCUT2D eigenvalue weighted by molar-refractivity contribution is 0.0580. The minimum Gasteiger partial charge on any atom is -0.377 e. The lowest BCUT2D eigenvalue weighted by Gasteiger charge is -2.35. The van der Waals surface area contributed by atoms with Crippen LogP contribution in [0.3, 0.4) is 0 Å². The maximum Gasteiger partial charge on any atom is 0.0702 e. The molecule has 1 aliphatic heterocycles. The van der Waals surface area contributed by atoms with Crippen LogP contribution >= 0.6 is 0 Å². The number of nitrogens with one attached hydrogen (secondary N) is 1. The smallest absolute Gasteiger partial charge is 0.0702 e. The largest absolute Gasteiger partial charge is 0.377 e. The summed E-state index contributed by atoms with van der Waals surface area (Å²) in [7, 11) is 2.05. The van der Waals surface area contributed by atoms with Gasteiger partial charge in [-0.15, -0.1) is 0 Å². The van der Waals surface area contributed by atoms with Crippen LogP contribution in [0.25, 0.3) is 0 Å². The Balaban J connectivity index is 2.42. The van der Waals surface area contributed by atoms with Gasteiger partial charge >= 0.3 is 0 Å². The fourth-order valence-corrected chi connectivity index (χ4v) is 2.64. The summed E-state index contributed by atoms with van der Waals surface area (Å²) in [6, 6.07) is 0. The standard InChI is InChI=1S/C14H30N2O/c1-5-14(3,11-15-4)12-16(6-2)10-13-8-7-9-17-13/h13,15H,5-12H2,1-4H3. The van der Waals surface area contributed by atoms with Crippen LogP contribution < -0.4 is 5.32 Å². The molecule has 102 valence electrons. The van der Waals surface area contributed by atoms with Crippen LogP contribution in [0.5, 0.6) is 0 Å². The first-order valence-corrected chi connectivity index (χ1v) is 7.12. The molecule has 17 heavy (non-hydrogen) atoms. The van der Waals surface area contributed by atoms with Gasteiger partial charge in [0.2, 0.25) is 0 Å². The van der Waals surface area contributed by atoms with Gasteiger partial charge in [0.25, 0.3) is 0 Å². The predicted octanol–water partition coefficient (Wildman–Crippen LogP) is 2.12. The van der Waals surface area contributed by atoms with Crippen molar-refractivity contribution in [2.75, 3.05) is 39.8 Å². The minimum atomic E-state index is 0.378. The van der Waals surface area contributed by atoms with E-state index in [2.05, 4.69) is 31.0 Å². The highest BCUT2D eigenvalue weighted by Gasteiger charge is 2.26. The molecule has 0 aromatic carbocycles. The van der Waals surface area contributed by atoms with Crippen molar-refractivity contribution in [3.8, 4) is 0 Å². The van der Waals surface area contributed by atoms with E-state index in [1.165, 1.54) is 25.8 Å². The molecule has 0 aliphatic carbocycles. The van der Waals surface area contributed by atoms with Gasteiger partial charge in [-0.25, -0.2) is 0 Å². The summed E-state index contributed by atoms with van der Waals surface area (Å²) in [4.78, 5) is 2.55. The average Bonchev–Trinajstić information content (AvgIpc) is 2.81. The van der Waals surface area contributed by atoms with E-state index in [9.17, 15) is 0 Å². The summed E-state index contributed by atoms with van der Waals surface area (Å²) in [6.07, 6.45) is 4.18. The third kappa shape index (κ3) is 4.94. The molecule has 0 aromatic rings. The van der Waals surface area contributed by atoms with Crippen LogP contribution in [0, 0.1) is 5.41 Å². The molecule has 1 N–H and O–H groups in total. The Bertz CT molecular complexity index is 204. The summed E-state index contributed by atoms with van der Waals surface area (Å²) in [5, 5.41) is 3.32. The van der Waals surface area contributed by atoms with Gasteiger partial charge in [-0.1, -0.05) is 20.8 Å². The lowest BCUT2D eigenvalue weighted by atomic mass is 9.86. The molecular formula is C14H30N2O. The van der Waals surface area contributed by atoms with Crippen LogP contribution in [0.1, 0.15) is 40.0 Å². The maximum absolute atomic E-state index is 5.74. The number of likely N-dealkylation sites (N-methyl/N-ethyl adjacent to an activating group) is 1. The van der Waals surface area contributed by atoms with Gasteiger partial charge in [-0.2, -0.15) is 0 Å². The van der Waals surface area contributed by atoms with Crippen molar-refractivity contribution in [3.63, 3.8) is 0 Å². The second kappa shape index (κ2) is 7.34. The first-order chi connectivity index (χ1) is 8.13. The number of ether oxygens (including phenoxy) is 1. The molecule has 1 saturated heterocycles. The number of hydrogen-bond donors (Lipinski definition) is 1. The molecule has 1 aliphatic rings. The van der Waals surface area contributed by atoms with Crippen molar-refractivity contribution >= 4 is 0 Å². The Morgan fingerprint density at radius 3 is 2.65 bits per heavy atom. The molecule has 0 saturated carbocycles. The zero-order chi connectivity index (χ0) is 12.7. The highest BCUT2D eigenvalue weighted by atomic mass is 16.5. The van der Waals surface area contributed by atoms with Crippen molar-refractivity contribution in [1.29, 1.82) is 0 Å². The molecule has 2 atom stereocenters. The molecule has 0 amide bonds. The summed E-state index contributed by atoms with van der Waals surface area (Å²) in [5.41, 5.74) is 0.378. The lowest BCUT2D eigenvalue weighted by Crippen LogP contribution is -2.43. The molecule has 0 radical (unpaired) electrons. The quantitative estimate of drug-likeness (QED) is 0.705. The van der Waals surface area contributed by atoms with Gasteiger partial charge in [0.1, 0.15) is 0 Å². The van der Waals surface area contributed by atoms with Gasteiger partial charge < -0.3 is 15.0 Å².